The molecule has 8 heteroatoms. The number of rotatable bonds is 9. The van der Waals surface area contributed by atoms with E-state index >= 15 is 0 Å². The van der Waals surface area contributed by atoms with Crippen molar-refractivity contribution in [2.45, 2.75) is 27.2 Å². The summed E-state index contributed by atoms with van der Waals surface area (Å²) in [6.07, 6.45) is 0.500. The number of hydrogen-bond acceptors (Lipinski definition) is 7. The Morgan fingerprint density at radius 2 is 1.61 bits per heavy atom. The molecule has 0 atom stereocenters. The Labute approximate surface area is 237 Å². The van der Waals surface area contributed by atoms with E-state index in [4.69, 9.17) is 9.15 Å². The summed E-state index contributed by atoms with van der Waals surface area (Å²) in [4.78, 5) is 23.5. The minimum atomic E-state index is -0.446. The van der Waals surface area contributed by atoms with Crippen molar-refractivity contribution in [1.29, 1.82) is 0 Å². The lowest BCUT2D eigenvalue weighted by atomic mass is 9.98. The maximum absolute atomic E-state index is 13.0. The fourth-order valence-electron chi connectivity index (χ4n) is 4.59. The molecule has 0 bridgehead atoms. The predicted molar refractivity (Wildman–Crippen MR) is 161 cm³/mol. The molecule has 0 aliphatic heterocycles. The lowest BCUT2D eigenvalue weighted by Gasteiger charge is -2.15. The zero-order valence-electron chi connectivity index (χ0n) is 23.0. The molecule has 41 heavy (non-hydrogen) atoms. The number of aryl methyl sites for hydroxylation is 3. The second kappa shape index (κ2) is 11.9. The quantitative estimate of drug-likeness (QED) is 0.0912. The van der Waals surface area contributed by atoms with Crippen LogP contribution < -0.4 is 15.8 Å². The van der Waals surface area contributed by atoms with Gasteiger partial charge in [-0.15, -0.1) is 0 Å². The summed E-state index contributed by atoms with van der Waals surface area (Å²) in [7, 11) is 0. The van der Waals surface area contributed by atoms with Crippen molar-refractivity contribution in [3.63, 3.8) is 0 Å². The molecule has 0 saturated heterocycles. The second-order valence-corrected chi connectivity index (χ2v) is 9.85. The Bertz CT molecular complexity index is 1790. The van der Waals surface area contributed by atoms with Crippen LogP contribution >= 0.6 is 0 Å². The molecule has 0 aliphatic carbocycles. The number of non-ortho nitro benzene ring substituents is 1. The van der Waals surface area contributed by atoms with Gasteiger partial charge < -0.3 is 9.15 Å². The highest BCUT2D eigenvalue weighted by atomic mass is 16.6. The number of hydrazone groups is 1. The van der Waals surface area contributed by atoms with Crippen molar-refractivity contribution in [1.82, 2.24) is 0 Å². The fourth-order valence-corrected chi connectivity index (χ4v) is 4.59. The number of nitrogens with zero attached hydrogens (tertiary/aromatic N) is 2. The van der Waals surface area contributed by atoms with Crippen LogP contribution in [0.3, 0.4) is 0 Å². The summed E-state index contributed by atoms with van der Waals surface area (Å²) in [5, 5.41) is 16.4. The molecule has 1 N–H and O–H groups in total. The Balaban J connectivity index is 1.42. The summed E-state index contributed by atoms with van der Waals surface area (Å²) in [6.45, 7) is 5.95. The maximum atomic E-state index is 13.0. The van der Waals surface area contributed by atoms with Crippen LogP contribution in [0, 0.1) is 30.9 Å². The van der Waals surface area contributed by atoms with Gasteiger partial charge in [0.25, 0.3) is 5.69 Å². The largest absolute Gasteiger partial charge is 0.487 e. The molecule has 8 nitrogen and oxygen atoms in total. The highest BCUT2D eigenvalue weighted by Crippen LogP contribution is 2.30. The number of fused-ring (bicyclic) bond motifs is 1. The van der Waals surface area contributed by atoms with Crippen LogP contribution in [0.15, 0.2) is 105 Å². The number of nitro benzene ring substituents is 1. The molecule has 206 valence electrons. The number of nitrogens with one attached hydrogen (secondary N) is 1. The molecule has 0 aliphatic rings. The highest BCUT2D eigenvalue weighted by Gasteiger charge is 2.16. The zero-order valence-corrected chi connectivity index (χ0v) is 23.0. The summed E-state index contributed by atoms with van der Waals surface area (Å²) in [6, 6.07) is 27.6. The summed E-state index contributed by atoms with van der Waals surface area (Å²) in [5.74, 6) is 0.575. The van der Waals surface area contributed by atoms with E-state index in [1.807, 2.05) is 87.5 Å². The molecule has 1 aromatic heterocycles. The highest BCUT2D eigenvalue weighted by molar-refractivity contribution is 6.02. The molecule has 0 fully saturated rings. The summed E-state index contributed by atoms with van der Waals surface area (Å²) < 4.78 is 12.0. The molecule has 0 unspecified atom stereocenters. The van der Waals surface area contributed by atoms with Crippen LogP contribution in [0.25, 0.3) is 11.0 Å². The van der Waals surface area contributed by atoms with Gasteiger partial charge in [0.15, 0.2) is 0 Å². The number of benzene rings is 4. The van der Waals surface area contributed by atoms with Gasteiger partial charge in [-0.2, -0.15) is 5.10 Å². The summed E-state index contributed by atoms with van der Waals surface area (Å²) >= 11 is 0. The third-order valence-electron chi connectivity index (χ3n) is 7.03. The SMILES string of the molecule is Cc1ccc(/C(COc2ccc3c(C)c(Cc4ccccc4)c(=O)oc3c2C)=N/Nc2ccc([N+](=O)[O-])cc2)cc1. The standard InChI is InChI=1S/C33H29N3O5/c1-21-9-11-25(12-10-21)30(35-34-26-13-15-27(16-14-26)36(38)39)20-40-31-18-17-28-22(2)29(19-24-7-5-4-6-8-24)33(37)41-32(28)23(31)3/h4-18,34H,19-20H2,1-3H3/b35-30+. The number of ether oxygens (including phenoxy) is 1. The minimum absolute atomic E-state index is 0.00229. The van der Waals surface area contributed by atoms with E-state index in [2.05, 4.69) is 10.5 Å². The van der Waals surface area contributed by atoms with Crippen molar-refractivity contribution in [2.24, 2.45) is 5.10 Å². The molecule has 5 rings (SSSR count). The van der Waals surface area contributed by atoms with Crippen molar-refractivity contribution < 1.29 is 14.1 Å². The Morgan fingerprint density at radius 3 is 2.29 bits per heavy atom. The third-order valence-corrected chi connectivity index (χ3v) is 7.03. The first-order valence-electron chi connectivity index (χ1n) is 13.2. The van der Waals surface area contributed by atoms with E-state index in [1.165, 1.54) is 12.1 Å². The van der Waals surface area contributed by atoms with E-state index in [0.717, 1.165) is 33.2 Å². The first-order valence-corrected chi connectivity index (χ1v) is 13.2. The topological polar surface area (TPSA) is 107 Å². The Hall–Kier alpha value is -5.24. The van der Waals surface area contributed by atoms with Crippen molar-refractivity contribution in [2.75, 3.05) is 12.0 Å². The number of anilines is 1. The second-order valence-electron chi connectivity index (χ2n) is 9.85. The van der Waals surface area contributed by atoms with Gasteiger partial charge in [-0.1, -0.05) is 60.2 Å². The average molecular weight is 548 g/mol. The third kappa shape index (κ3) is 6.17. The van der Waals surface area contributed by atoms with Crippen LogP contribution in [0.1, 0.15) is 33.4 Å². The van der Waals surface area contributed by atoms with Gasteiger partial charge in [0.1, 0.15) is 23.7 Å². The Kier molecular flexibility index (Phi) is 7.92. The lowest BCUT2D eigenvalue weighted by molar-refractivity contribution is -0.384. The first-order chi connectivity index (χ1) is 19.8. The van der Waals surface area contributed by atoms with Crippen molar-refractivity contribution in [3.05, 3.63) is 145 Å². The van der Waals surface area contributed by atoms with Gasteiger partial charge >= 0.3 is 5.63 Å². The van der Waals surface area contributed by atoms with Crippen LogP contribution in [0.4, 0.5) is 11.4 Å². The van der Waals surface area contributed by atoms with Crippen LogP contribution in [-0.4, -0.2) is 17.2 Å². The molecular formula is C33H29N3O5. The fraction of sp³-hybridized carbons (Fsp3) is 0.152. The van der Waals surface area contributed by atoms with Gasteiger partial charge in [-0.3, -0.25) is 15.5 Å². The average Bonchev–Trinajstić information content (AvgIpc) is 2.98. The van der Waals surface area contributed by atoms with E-state index in [0.29, 0.717) is 34.7 Å². The molecule has 0 radical (unpaired) electrons. The normalized spacial score (nSPS) is 11.4. The van der Waals surface area contributed by atoms with Crippen molar-refractivity contribution >= 4 is 28.1 Å². The van der Waals surface area contributed by atoms with Crippen LogP contribution in [0.5, 0.6) is 5.75 Å². The molecule has 4 aromatic carbocycles. The zero-order chi connectivity index (χ0) is 28.9. The first kappa shape index (κ1) is 27.3. The van der Waals surface area contributed by atoms with Crippen LogP contribution in [0.2, 0.25) is 0 Å². The van der Waals surface area contributed by atoms with Gasteiger partial charge in [0, 0.05) is 40.6 Å². The van der Waals surface area contributed by atoms with Gasteiger partial charge in [0.05, 0.1) is 10.6 Å². The number of nitro groups is 1. The van der Waals surface area contributed by atoms with Crippen LogP contribution in [-0.2, 0) is 6.42 Å². The van der Waals surface area contributed by atoms with E-state index < -0.39 is 4.92 Å². The van der Waals surface area contributed by atoms with Gasteiger partial charge in [-0.05, 0) is 56.2 Å². The molecule has 1 heterocycles. The predicted octanol–water partition coefficient (Wildman–Crippen LogP) is 7.11. The monoisotopic (exact) mass is 547 g/mol. The van der Waals surface area contributed by atoms with E-state index in [1.54, 1.807) is 12.1 Å². The van der Waals surface area contributed by atoms with E-state index in [-0.39, 0.29) is 17.9 Å². The van der Waals surface area contributed by atoms with Gasteiger partial charge in [0.2, 0.25) is 0 Å². The molecular weight excluding hydrogens is 518 g/mol. The van der Waals surface area contributed by atoms with E-state index in [9.17, 15) is 14.9 Å². The Morgan fingerprint density at radius 1 is 0.902 bits per heavy atom. The molecule has 0 amide bonds. The van der Waals surface area contributed by atoms with Crippen molar-refractivity contribution in [3.8, 4) is 5.75 Å². The smallest absolute Gasteiger partial charge is 0.340 e. The minimum Gasteiger partial charge on any atom is -0.487 e. The molecule has 0 spiro atoms. The van der Waals surface area contributed by atoms with Gasteiger partial charge in [-0.25, -0.2) is 4.79 Å². The molecule has 0 saturated carbocycles. The maximum Gasteiger partial charge on any atom is 0.340 e. The number of hydrogen-bond donors (Lipinski definition) is 1. The molecule has 5 aromatic rings. The summed E-state index contributed by atoms with van der Waals surface area (Å²) in [5.41, 5.74) is 9.62. The lowest BCUT2D eigenvalue weighted by Crippen LogP contribution is -2.16.